The Morgan fingerprint density at radius 2 is 2.03 bits per heavy atom. The first-order valence-corrected chi connectivity index (χ1v) is 9.39. The topological polar surface area (TPSA) is 67.7 Å². The molecule has 0 saturated heterocycles. The average molecular weight is 386 g/mol. The van der Waals surface area contributed by atoms with Crippen molar-refractivity contribution in [3.63, 3.8) is 0 Å². The summed E-state index contributed by atoms with van der Waals surface area (Å²) >= 11 is 0. The molecule has 0 N–H and O–H groups in total. The summed E-state index contributed by atoms with van der Waals surface area (Å²) in [5.74, 6) is -0.522. The highest BCUT2D eigenvalue weighted by atomic mass is 19.1. The highest BCUT2D eigenvalue weighted by molar-refractivity contribution is 5.63. The Bertz CT molecular complexity index is 1100. The Labute approximate surface area is 168 Å². The number of hydrogen-bond acceptors (Lipinski definition) is 6. The van der Waals surface area contributed by atoms with Gasteiger partial charge in [-0.3, -0.25) is 9.97 Å². The number of hydrogen-bond donors (Lipinski definition) is 0. The molecule has 0 fully saturated rings. The predicted octanol–water partition coefficient (Wildman–Crippen LogP) is 3.95. The van der Waals surface area contributed by atoms with Crippen LogP contribution < -0.4 is 0 Å². The van der Waals surface area contributed by atoms with Crippen LogP contribution in [0.15, 0.2) is 66.9 Å². The molecule has 3 aromatic heterocycles. The standard InChI is InChI=1S/C22H19FN6/c1-2-6-16-13-18(19-14-24-10-11-25-19)27-28-20(16)15-29-12-4-3-8-21(29)17-7-5-9-22(23)26-17/h3-5,7,9-14H,2,6,15H2,1H3. The normalized spacial score (nSPS) is 12.9. The first kappa shape index (κ1) is 18.7. The Balaban J connectivity index is 1.66. The van der Waals surface area contributed by atoms with Crippen LogP contribution >= 0.6 is 0 Å². The fourth-order valence-corrected chi connectivity index (χ4v) is 3.12. The predicted molar refractivity (Wildman–Crippen MR) is 107 cm³/mol. The van der Waals surface area contributed by atoms with E-state index in [-0.39, 0.29) is 0 Å². The summed E-state index contributed by atoms with van der Waals surface area (Å²) in [6, 6.07) is 6.75. The van der Waals surface area contributed by atoms with E-state index in [4.69, 9.17) is 0 Å². The molecule has 0 spiro atoms. The summed E-state index contributed by atoms with van der Waals surface area (Å²) < 4.78 is 13.6. The largest absolute Gasteiger partial charge is 0.334 e. The van der Waals surface area contributed by atoms with Gasteiger partial charge in [-0.25, -0.2) is 4.98 Å². The maximum Gasteiger partial charge on any atom is 0.213 e. The number of halogens is 1. The van der Waals surface area contributed by atoms with Crippen LogP contribution in [0, 0.1) is 5.95 Å². The molecule has 0 amide bonds. The highest BCUT2D eigenvalue weighted by Crippen LogP contribution is 2.24. The average Bonchev–Trinajstić information content (AvgIpc) is 2.76. The van der Waals surface area contributed by atoms with Crippen LogP contribution in [0.2, 0.25) is 0 Å². The van der Waals surface area contributed by atoms with E-state index in [1.165, 1.54) is 6.07 Å². The zero-order valence-electron chi connectivity index (χ0n) is 16.0. The molecule has 144 valence electrons. The van der Waals surface area contributed by atoms with Crippen LogP contribution in [0.1, 0.15) is 30.3 Å². The van der Waals surface area contributed by atoms with Gasteiger partial charge >= 0.3 is 0 Å². The van der Waals surface area contributed by atoms with Crippen LogP contribution in [0.4, 0.5) is 4.39 Å². The highest BCUT2D eigenvalue weighted by Gasteiger charge is 2.17. The smallest absolute Gasteiger partial charge is 0.213 e. The van der Waals surface area contributed by atoms with Gasteiger partial charge in [-0.05, 0) is 42.3 Å². The molecule has 29 heavy (non-hydrogen) atoms. The van der Waals surface area contributed by atoms with Crippen molar-refractivity contribution in [1.29, 1.82) is 0 Å². The van der Waals surface area contributed by atoms with Crippen LogP contribution in [0.25, 0.3) is 17.1 Å². The molecule has 7 heteroatoms. The number of allylic oxidation sites excluding steroid dienone is 2. The summed E-state index contributed by atoms with van der Waals surface area (Å²) in [5, 5.41) is 8.83. The molecule has 0 unspecified atom stereocenters. The molecule has 1 aliphatic heterocycles. The SMILES string of the molecule is CCCc1cc(-c2cnccn2)nnc1CN1C=CC=C=C1c1cccc(F)n1. The summed E-state index contributed by atoms with van der Waals surface area (Å²) in [7, 11) is 0. The van der Waals surface area contributed by atoms with Gasteiger partial charge in [-0.15, -0.1) is 5.10 Å². The zero-order chi connectivity index (χ0) is 20.1. The van der Waals surface area contributed by atoms with Crippen LogP contribution in [-0.2, 0) is 13.0 Å². The van der Waals surface area contributed by atoms with Gasteiger partial charge in [0.25, 0.3) is 0 Å². The van der Waals surface area contributed by atoms with Gasteiger partial charge in [0.05, 0.1) is 24.1 Å². The molecular weight excluding hydrogens is 367 g/mol. The van der Waals surface area contributed by atoms with Crippen molar-refractivity contribution in [1.82, 2.24) is 30.0 Å². The van der Waals surface area contributed by atoms with Gasteiger partial charge in [0.15, 0.2) is 0 Å². The van der Waals surface area contributed by atoms with E-state index in [1.54, 1.807) is 36.8 Å². The Morgan fingerprint density at radius 1 is 1.10 bits per heavy atom. The molecule has 0 atom stereocenters. The number of aromatic nitrogens is 5. The van der Waals surface area contributed by atoms with Crippen molar-refractivity contribution < 1.29 is 4.39 Å². The molecule has 0 bridgehead atoms. The molecular formula is C22H19FN6. The third-order valence-electron chi connectivity index (χ3n) is 4.45. The molecule has 0 saturated carbocycles. The van der Waals surface area contributed by atoms with Crippen molar-refractivity contribution >= 4 is 5.70 Å². The second-order valence-electron chi connectivity index (χ2n) is 6.52. The molecule has 3 aromatic rings. The van der Waals surface area contributed by atoms with E-state index in [9.17, 15) is 4.39 Å². The molecule has 0 aromatic carbocycles. The minimum Gasteiger partial charge on any atom is -0.334 e. The summed E-state index contributed by atoms with van der Waals surface area (Å²) in [5.41, 5.74) is 7.70. The lowest BCUT2D eigenvalue weighted by Gasteiger charge is -2.23. The number of nitrogens with zero attached hydrogens (tertiary/aromatic N) is 6. The number of aryl methyl sites for hydroxylation is 1. The quantitative estimate of drug-likeness (QED) is 0.472. The fraction of sp³-hybridized carbons (Fsp3) is 0.182. The summed E-state index contributed by atoms with van der Waals surface area (Å²) in [6.45, 7) is 2.60. The van der Waals surface area contributed by atoms with Crippen molar-refractivity contribution in [2.75, 3.05) is 0 Å². The minimum atomic E-state index is -0.522. The van der Waals surface area contributed by atoms with Crippen LogP contribution in [-0.4, -0.2) is 30.0 Å². The van der Waals surface area contributed by atoms with Gasteiger partial charge < -0.3 is 4.90 Å². The van der Waals surface area contributed by atoms with Crippen LogP contribution in [0.5, 0.6) is 0 Å². The molecule has 4 rings (SSSR count). The monoisotopic (exact) mass is 386 g/mol. The molecule has 0 radical (unpaired) electrons. The van der Waals surface area contributed by atoms with Crippen LogP contribution in [0.3, 0.4) is 0 Å². The molecule has 1 aliphatic rings. The van der Waals surface area contributed by atoms with E-state index < -0.39 is 5.95 Å². The van der Waals surface area contributed by atoms with Gasteiger partial charge in [0.2, 0.25) is 5.95 Å². The lowest BCUT2D eigenvalue weighted by molar-refractivity contribution is 0.502. The summed E-state index contributed by atoms with van der Waals surface area (Å²) in [4.78, 5) is 14.3. The third kappa shape index (κ3) is 4.25. The maximum atomic E-state index is 13.6. The van der Waals surface area contributed by atoms with Crippen molar-refractivity contribution in [3.8, 4) is 11.4 Å². The Hall–Kier alpha value is -3.70. The molecule has 0 aliphatic carbocycles. The lowest BCUT2D eigenvalue weighted by Crippen LogP contribution is -2.19. The van der Waals surface area contributed by atoms with Gasteiger partial charge in [0.1, 0.15) is 17.1 Å². The van der Waals surface area contributed by atoms with Crippen molar-refractivity contribution in [2.24, 2.45) is 0 Å². The second-order valence-corrected chi connectivity index (χ2v) is 6.52. The van der Waals surface area contributed by atoms with E-state index in [2.05, 4.69) is 37.8 Å². The minimum absolute atomic E-state index is 0.480. The van der Waals surface area contributed by atoms with E-state index in [0.717, 1.165) is 24.1 Å². The first-order chi connectivity index (χ1) is 14.2. The van der Waals surface area contributed by atoms with Crippen molar-refractivity contribution in [2.45, 2.75) is 26.3 Å². The number of rotatable bonds is 6. The summed E-state index contributed by atoms with van der Waals surface area (Å²) in [6.07, 6.45) is 12.4. The maximum absolute atomic E-state index is 13.6. The molecule has 6 nitrogen and oxygen atoms in total. The Morgan fingerprint density at radius 3 is 2.83 bits per heavy atom. The number of pyridine rings is 1. The van der Waals surface area contributed by atoms with Gasteiger partial charge in [-0.2, -0.15) is 9.49 Å². The zero-order valence-corrected chi connectivity index (χ0v) is 16.0. The first-order valence-electron chi connectivity index (χ1n) is 9.39. The fourth-order valence-electron chi connectivity index (χ4n) is 3.12. The van der Waals surface area contributed by atoms with E-state index in [0.29, 0.717) is 29.3 Å². The van der Waals surface area contributed by atoms with Gasteiger partial charge in [-0.1, -0.05) is 25.1 Å². The van der Waals surface area contributed by atoms with Crippen molar-refractivity contribution in [3.05, 3.63) is 89.8 Å². The second kappa shape index (κ2) is 8.54. The lowest BCUT2D eigenvalue weighted by atomic mass is 10.1. The Kier molecular flexibility index (Phi) is 5.49. The van der Waals surface area contributed by atoms with E-state index in [1.807, 2.05) is 23.2 Å². The third-order valence-corrected chi connectivity index (χ3v) is 4.45. The molecule has 4 heterocycles. The van der Waals surface area contributed by atoms with E-state index >= 15 is 0 Å². The van der Waals surface area contributed by atoms with Gasteiger partial charge in [0, 0.05) is 18.6 Å².